The van der Waals surface area contributed by atoms with Crippen LogP contribution in [-0.2, 0) is 9.53 Å². The van der Waals surface area contributed by atoms with Crippen LogP contribution in [0.4, 0.5) is 0 Å². The van der Waals surface area contributed by atoms with Crippen LogP contribution in [0.25, 0.3) is 11.5 Å². The fraction of sp³-hybridized carbons (Fsp3) is 0.222. The minimum atomic E-state index is -0.578. The van der Waals surface area contributed by atoms with E-state index in [1.165, 1.54) is 25.7 Å². The molecule has 2 rings (SSSR count). The van der Waals surface area contributed by atoms with Crippen LogP contribution in [0.15, 0.2) is 18.6 Å². The van der Waals surface area contributed by atoms with Gasteiger partial charge in [0.25, 0.3) is 0 Å². The van der Waals surface area contributed by atoms with Gasteiger partial charge in [0.1, 0.15) is 5.69 Å². The van der Waals surface area contributed by atoms with Gasteiger partial charge in [-0.3, -0.25) is 4.98 Å². The quantitative estimate of drug-likeness (QED) is 0.573. The maximum atomic E-state index is 10.9. The highest BCUT2D eigenvalue weighted by Crippen LogP contribution is 2.14. The van der Waals surface area contributed by atoms with E-state index in [1.807, 2.05) is 0 Å². The first-order chi connectivity index (χ1) is 8.70. The Morgan fingerprint density at radius 1 is 1.50 bits per heavy atom. The monoisotopic (exact) mass is 251 g/mol. The van der Waals surface area contributed by atoms with Crippen molar-refractivity contribution in [3.05, 3.63) is 18.6 Å². The normalized spacial score (nSPS) is 10.1. The predicted molar refractivity (Wildman–Crippen MR) is 55.7 cm³/mol. The largest absolute Gasteiger partial charge is 0.466 e. The van der Waals surface area contributed by atoms with Gasteiger partial charge in [-0.05, 0) is 0 Å². The molecule has 18 heavy (non-hydrogen) atoms. The summed E-state index contributed by atoms with van der Waals surface area (Å²) in [6.45, 7) is -0.347. The smallest absolute Gasteiger partial charge is 0.344 e. The van der Waals surface area contributed by atoms with Crippen LogP contribution in [0.1, 0.15) is 0 Å². The van der Waals surface area contributed by atoms with Gasteiger partial charge < -0.3 is 14.7 Å². The lowest BCUT2D eigenvalue weighted by Gasteiger charge is -1.97. The molecular weight excluding hydrogens is 242 g/mol. The van der Waals surface area contributed by atoms with Crippen LogP contribution in [0.2, 0.25) is 0 Å². The summed E-state index contributed by atoms with van der Waals surface area (Å²) in [5.74, 6) is -0.520. The van der Waals surface area contributed by atoms with Crippen LogP contribution in [0.5, 0.6) is 6.01 Å². The summed E-state index contributed by atoms with van der Waals surface area (Å²) in [5, 5.41) is 13.0. The van der Waals surface area contributed by atoms with Gasteiger partial charge in [0.05, 0.1) is 13.3 Å². The number of methoxy groups -OCH3 is 1. The molecule has 1 N–H and O–H groups in total. The van der Waals surface area contributed by atoms with E-state index in [2.05, 4.69) is 24.8 Å². The Morgan fingerprint density at radius 2 is 2.33 bits per heavy atom. The van der Waals surface area contributed by atoms with Crippen molar-refractivity contribution in [3.63, 3.8) is 0 Å². The molecule has 9 heteroatoms. The molecule has 0 unspecified atom stereocenters. The Hall–Kier alpha value is -2.71. The molecule has 0 saturated carbocycles. The molecule has 2 aromatic heterocycles. The van der Waals surface area contributed by atoms with Gasteiger partial charge in [0.2, 0.25) is 5.82 Å². The maximum absolute atomic E-state index is 10.9. The molecule has 0 aliphatic carbocycles. The third kappa shape index (κ3) is 2.51. The highest BCUT2D eigenvalue weighted by molar-refractivity contribution is 5.70. The van der Waals surface area contributed by atoms with Crippen molar-refractivity contribution in [2.75, 3.05) is 13.7 Å². The molecule has 0 saturated heterocycles. The average molecular weight is 251 g/mol. The van der Waals surface area contributed by atoms with E-state index in [1.54, 1.807) is 0 Å². The SMILES string of the molecule is COC(=O)COc1nc(-c2cnccn2)n(O)n1. The van der Waals surface area contributed by atoms with Crippen LogP contribution in [0, 0.1) is 0 Å². The second-order valence-electron chi connectivity index (χ2n) is 3.06. The molecular formula is C9H9N5O4. The summed E-state index contributed by atoms with van der Waals surface area (Å²) in [6.07, 6.45) is 4.33. The van der Waals surface area contributed by atoms with Crippen molar-refractivity contribution in [2.45, 2.75) is 0 Å². The number of ether oxygens (including phenoxy) is 2. The molecule has 9 nitrogen and oxygen atoms in total. The number of carbonyl (C=O) groups is 1. The van der Waals surface area contributed by atoms with Crippen molar-refractivity contribution >= 4 is 5.97 Å². The van der Waals surface area contributed by atoms with Gasteiger partial charge in [0, 0.05) is 12.4 Å². The van der Waals surface area contributed by atoms with E-state index >= 15 is 0 Å². The van der Waals surface area contributed by atoms with Gasteiger partial charge in [-0.15, -0.1) is 0 Å². The van der Waals surface area contributed by atoms with Crippen LogP contribution >= 0.6 is 0 Å². The number of carbonyl (C=O) groups excluding carboxylic acids is 1. The van der Waals surface area contributed by atoms with Gasteiger partial charge in [0.15, 0.2) is 6.61 Å². The Kier molecular flexibility index (Phi) is 3.32. The zero-order chi connectivity index (χ0) is 13.0. The fourth-order valence-corrected chi connectivity index (χ4v) is 1.10. The van der Waals surface area contributed by atoms with E-state index in [9.17, 15) is 10.0 Å². The molecule has 0 radical (unpaired) electrons. The Labute approximate surface area is 101 Å². The van der Waals surface area contributed by atoms with Crippen LogP contribution in [-0.4, -0.2) is 49.8 Å². The molecule has 0 atom stereocenters. The summed E-state index contributed by atoms with van der Waals surface area (Å²) in [4.78, 5) is 23.0. The third-order valence-corrected chi connectivity index (χ3v) is 1.91. The predicted octanol–water partition coefficient (Wildman–Crippen LogP) is -0.476. The van der Waals surface area contributed by atoms with Crippen molar-refractivity contribution in [1.82, 2.24) is 24.9 Å². The summed E-state index contributed by atoms with van der Waals surface area (Å²) in [5.41, 5.74) is 0.320. The molecule has 0 fully saturated rings. The highest BCUT2D eigenvalue weighted by Gasteiger charge is 2.14. The minimum Gasteiger partial charge on any atom is -0.466 e. The molecule has 2 heterocycles. The van der Waals surface area contributed by atoms with Crippen molar-refractivity contribution in [1.29, 1.82) is 0 Å². The first-order valence-corrected chi connectivity index (χ1v) is 4.83. The Balaban J connectivity index is 2.15. The lowest BCUT2D eigenvalue weighted by Crippen LogP contribution is -2.13. The van der Waals surface area contributed by atoms with Gasteiger partial charge in [-0.25, -0.2) is 9.78 Å². The molecule has 0 amide bonds. The van der Waals surface area contributed by atoms with E-state index < -0.39 is 5.97 Å². The summed E-state index contributed by atoms with van der Waals surface area (Å²) >= 11 is 0. The maximum Gasteiger partial charge on any atom is 0.344 e. The molecule has 94 valence electrons. The van der Waals surface area contributed by atoms with Gasteiger partial charge >= 0.3 is 12.0 Å². The van der Waals surface area contributed by atoms with E-state index in [4.69, 9.17) is 4.74 Å². The van der Waals surface area contributed by atoms with Crippen molar-refractivity contribution in [2.24, 2.45) is 0 Å². The lowest BCUT2D eigenvalue weighted by molar-refractivity contribution is -0.143. The number of esters is 1. The van der Waals surface area contributed by atoms with Crippen LogP contribution < -0.4 is 4.74 Å². The topological polar surface area (TPSA) is 112 Å². The average Bonchev–Trinajstić information content (AvgIpc) is 2.78. The molecule has 0 bridgehead atoms. The Morgan fingerprint density at radius 3 is 3.00 bits per heavy atom. The van der Waals surface area contributed by atoms with Gasteiger partial charge in [-0.2, -0.15) is 4.98 Å². The number of hydrogen-bond donors (Lipinski definition) is 1. The first-order valence-electron chi connectivity index (χ1n) is 4.83. The van der Waals surface area contributed by atoms with E-state index in [0.29, 0.717) is 10.5 Å². The van der Waals surface area contributed by atoms with Crippen molar-refractivity contribution < 1.29 is 19.5 Å². The van der Waals surface area contributed by atoms with Crippen molar-refractivity contribution in [3.8, 4) is 17.5 Å². The van der Waals surface area contributed by atoms with E-state index in [0.717, 1.165) is 0 Å². The summed E-state index contributed by atoms with van der Waals surface area (Å²) in [7, 11) is 1.23. The minimum absolute atomic E-state index is 0.0583. The zero-order valence-electron chi connectivity index (χ0n) is 9.35. The number of rotatable bonds is 4. The highest BCUT2D eigenvalue weighted by atomic mass is 16.6. The molecule has 0 spiro atoms. The first kappa shape index (κ1) is 11.8. The second-order valence-corrected chi connectivity index (χ2v) is 3.06. The standard InChI is InChI=1S/C9H9N5O4/c1-17-7(15)5-18-9-12-8(14(16)13-9)6-4-10-2-3-11-6/h2-4,16H,5H2,1H3. The third-order valence-electron chi connectivity index (χ3n) is 1.91. The zero-order valence-corrected chi connectivity index (χ0v) is 9.35. The second kappa shape index (κ2) is 5.08. The fourth-order valence-electron chi connectivity index (χ4n) is 1.10. The molecule has 0 aromatic carbocycles. The molecule has 0 aliphatic rings. The van der Waals surface area contributed by atoms with Crippen LogP contribution in [0.3, 0.4) is 0 Å². The molecule has 2 aromatic rings. The Bertz CT molecular complexity index is 541. The number of aromatic nitrogens is 5. The van der Waals surface area contributed by atoms with E-state index in [-0.39, 0.29) is 18.4 Å². The van der Waals surface area contributed by atoms with Gasteiger partial charge in [-0.1, -0.05) is 9.94 Å². The lowest BCUT2D eigenvalue weighted by atomic mass is 10.4. The summed E-state index contributed by atoms with van der Waals surface area (Å²) in [6, 6.07) is -0.163. The number of hydrogen-bond acceptors (Lipinski definition) is 8. The summed E-state index contributed by atoms with van der Waals surface area (Å²) < 4.78 is 9.30. The number of nitrogens with zero attached hydrogens (tertiary/aromatic N) is 5. The molecule has 0 aliphatic heterocycles.